The van der Waals surface area contributed by atoms with E-state index in [1.54, 1.807) is 10.9 Å². The fourth-order valence-electron chi connectivity index (χ4n) is 3.49. The van der Waals surface area contributed by atoms with Crippen LogP contribution in [0.25, 0.3) is 0 Å². The summed E-state index contributed by atoms with van der Waals surface area (Å²) in [5.41, 5.74) is 6.34. The van der Waals surface area contributed by atoms with Crippen LogP contribution in [0.3, 0.4) is 0 Å². The van der Waals surface area contributed by atoms with E-state index in [9.17, 15) is 4.79 Å². The lowest BCUT2D eigenvalue weighted by Gasteiger charge is -2.34. The molecule has 3 heterocycles. The van der Waals surface area contributed by atoms with E-state index in [4.69, 9.17) is 26.6 Å². The number of halogens is 1. The zero-order chi connectivity index (χ0) is 19.6. The first-order valence-corrected chi connectivity index (χ1v) is 9.44. The summed E-state index contributed by atoms with van der Waals surface area (Å²) in [6.07, 6.45) is 5.10. The number of aromatic nitrogens is 4. The van der Waals surface area contributed by atoms with Crippen LogP contribution in [0.5, 0.6) is 0 Å². The molecule has 2 N–H and O–H groups in total. The summed E-state index contributed by atoms with van der Waals surface area (Å²) in [6, 6.07) is 7.76. The number of benzene rings is 1. The second-order valence-electron chi connectivity index (χ2n) is 6.82. The van der Waals surface area contributed by atoms with Crippen LogP contribution in [-0.2, 0) is 23.1 Å². The SMILES string of the molecule is NC(=O)c1cnn(CCc2noc(C3(c4ccc(Cl)cc4)CCOCC3)n2)c1. The number of nitrogens with two attached hydrogens (primary N) is 1. The lowest BCUT2D eigenvalue weighted by Crippen LogP contribution is -2.35. The van der Waals surface area contributed by atoms with Gasteiger partial charge in [-0.15, -0.1) is 0 Å². The van der Waals surface area contributed by atoms with Gasteiger partial charge >= 0.3 is 0 Å². The molecule has 0 saturated carbocycles. The normalized spacial score (nSPS) is 16.2. The smallest absolute Gasteiger partial charge is 0.251 e. The second kappa shape index (κ2) is 7.73. The van der Waals surface area contributed by atoms with Crippen LogP contribution >= 0.6 is 11.6 Å². The number of primary amides is 1. The van der Waals surface area contributed by atoms with E-state index in [1.807, 2.05) is 24.3 Å². The Morgan fingerprint density at radius 1 is 1.25 bits per heavy atom. The molecule has 1 aromatic carbocycles. The van der Waals surface area contributed by atoms with Gasteiger partial charge in [0.1, 0.15) is 0 Å². The van der Waals surface area contributed by atoms with E-state index in [1.165, 1.54) is 6.20 Å². The number of carbonyl (C=O) groups excluding carboxylic acids is 1. The van der Waals surface area contributed by atoms with Crippen molar-refractivity contribution in [2.45, 2.75) is 31.2 Å². The highest BCUT2D eigenvalue weighted by Gasteiger charge is 2.41. The van der Waals surface area contributed by atoms with Gasteiger partial charge in [0.25, 0.3) is 5.91 Å². The molecule has 8 nitrogen and oxygen atoms in total. The summed E-state index contributed by atoms with van der Waals surface area (Å²) < 4.78 is 12.9. The Hall–Kier alpha value is -2.71. The Balaban J connectivity index is 1.54. The third kappa shape index (κ3) is 3.65. The van der Waals surface area contributed by atoms with Crippen molar-refractivity contribution < 1.29 is 14.1 Å². The molecule has 0 atom stereocenters. The molecule has 0 spiro atoms. The van der Waals surface area contributed by atoms with Crippen LogP contribution in [0.1, 0.15) is 40.5 Å². The number of hydrogen-bond acceptors (Lipinski definition) is 6. The zero-order valence-electron chi connectivity index (χ0n) is 15.2. The van der Waals surface area contributed by atoms with E-state index in [2.05, 4.69) is 15.2 Å². The highest BCUT2D eigenvalue weighted by Crippen LogP contribution is 2.40. The number of aryl methyl sites for hydroxylation is 2. The zero-order valence-corrected chi connectivity index (χ0v) is 15.9. The summed E-state index contributed by atoms with van der Waals surface area (Å²) >= 11 is 6.05. The molecule has 0 aliphatic carbocycles. The Bertz CT molecular complexity index is 960. The third-order valence-electron chi connectivity index (χ3n) is 5.10. The molecule has 9 heteroatoms. The molecule has 0 unspecified atom stereocenters. The van der Waals surface area contributed by atoms with Crippen molar-refractivity contribution in [2.75, 3.05) is 13.2 Å². The number of carbonyl (C=O) groups is 1. The fourth-order valence-corrected chi connectivity index (χ4v) is 3.62. The van der Waals surface area contributed by atoms with E-state index >= 15 is 0 Å². The maximum Gasteiger partial charge on any atom is 0.251 e. The first-order valence-electron chi connectivity index (χ1n) is 9.06. The van der Waals surface area contributed by atoms with Crippen LogP contribution in [0, 0.1) is 0 Å². The summed E-state index contributed by atoms with van der Waals surface area (Å²) in [6.45, 7) is 1.77. The average molecular weight is 402 g/mol. The van der Waals surface area contributed by atoms with E-state index in [0.717, 1.165) is 18.4 Å². The van der Waals surface area contributed by atoms with Gasteiger partial charge < -0.3 is 15.0 Å². The summed E-state index contributed by atoms with van der Waals surface area (Å²) in [7, 11) is 0. The maximum atomic E-state index is 11.2. The van der Waals surface area contributed by atoms with Gasteiger partial charge in [0.2, 0.25) is 5.89 Å². The third-order valence-corrected chi connectivity index (χ3v) is 5.35. The predicted octanol–water partition coefficient (Wildman–Crippen LogP) is 2.36. The second-order valence-corrected chi connectivity index (χ2v) is 7.26. The minimum Gasteiger partial charge on any atom is -0.381 e. The highest BCUT2D eigenvalue weighted by atomic mass is 35.5. The van der Waals surface area contributed by atoms with Gasteiger partial charge in [-0.1, -0.05) is 28.9 Å². The molecule has 1 aliphatic heterocycles. The van der Waals surface area contributed by atoms with E-state index in [0.29, 0.717) is 48.5 Å². The Morgan fingerprint density at radius 3 is 2.68 bits per heavy atom. The van der Waals surface area contributed by atoms with E-state index < -0.39 is 5.91 Å². The molecule has 1 saturated heterocycles. The minimum atomic E-state index is -0.502. The Kier molecular flexibility index (Phi) is 5.15. The average Bonchev–Trinajstić information content (AvgIpc) is 3.37. The molecule has 3 aromatic rings. The van der Waals surface area contributed by atoms with Crippen LogP contribution in [-0.4, -0.2) is 39.0 Å². The molecule has 28 heavy (non-hydrogen) atoms. The first kappa shape index (κ1) is 18.6. The van der Waals surface area contributed by atoms with Gasteiger partial charge in [0, 0.05) is 37.4 Å². The standard InChI is InChI=1S/C19H20ClN5O3/c20-15-3-1-14(2-4-15)19(6-9-27-10-7-19)18-23-16(24-28-18)5-8-25-12-13(11-22-25)17(21)26/h1-4,11-12H,5-10H2,(H2,21,26). The monoisotopic (exact) mass is 401 g/mol. The molecule has 4 rings (SSSR count). The Labute approximate surface area is 166 Å². The van der Waals surface area contributed by atoms with Crippen molar-refractivity contribution in [3.63, 3.8) is 0 Å². The summed E-state index contributed by atoms with van der Waals surface area (Å²) in [5.74, 6) is 0.676. The minimum absolute atomic E-state index is 0.373. The van der Waals surface area contributed by atoms with Crippen molar-refractivity contribution >= 4 is 17.5 Å². The summed E-state index contributed by atoms with van der Waals surface area (Å²) in [5, 5.41) is 8.96. The number of hydrogen-bond donors (Lipinski definition) is 1. The topological polar surface area (TPSA) is 109 Å². The molecule has 1 aliphatic rings. The number of rotatable bonds is 6. The summed E-state index contributed by atoms with van der Waals surface area (Å²) in [4.78, 5) is 15.8. The molecule has 0 bridgehead atoms. The largest absolute Gasteiger partial charge is 0.381 e. The van der Waals surface area contributed by atoms with Crippen molar-refractivity contribution in [1.29, 1.82) is 0 Å². The van der Waals surface area contributed by atoms with Crippen molar-refractivity contribution in [2.24, 2.45) is 5.73 Å². The number of nitrogens with zero attached hydrogens (tertiary/aromatic N) is 4. The molecule has 2 aromatic heterocycles. The van der Waals surface area contributed by atoms with Crippen LogP contribution in [0.2, 0.25) is 5.02 Å². The van der Waals surface area contributed by atoms with Crippen LogP contribution in [0.15, 0.2) is 41.2 Å². The first-order chi connectivity index (χ1) is 13.6. The van der Waals surface area contributed by atoms with E-state index in [-0.39, 0.29) is 5.41 Å². The maximum absolute atomic E-state index is 11.2. The number of ether oxygens (including phenoxy) is 1. The molecule has 146 valence electrons. The molecular weight excluding hydrogens is 382 g/mol. The Morgan fingerprint density at radius 2 is 2.00 bits per heavy atom. The van der Waals surface area contributed by atoms with Crippen LogP contribution in [0.4, 0.5) is 0 Å². The van der Waals surface area contributed by atoms with Crippen molar-refractivity contribution in [1.82, 2.24) is 19.9 Å². The van der Waals surface area contributed by atoms with Gasteiger partial charge in [-0.25, -0.2) is 0 Å². The molecule has 1 amide bonds. The number of amides is 1. The molecule has 0 radical (unpaired) electrons. The van der Waals surface area contributed by atoms with Gasteiger partial charge in [-0.2, -0.15) is 10.1 Å². The molecular formula is C19H20ClN5O3. The van der Waals surface area contributed by atoms with Gasteiger partial charge in [-0.05, 0) is 30.5 Å². The molecule has 1 fully saturated rings. The van der Waals surface area contributed by atoms with Crippen LogP contribution < -0.4 is 5.73 Å². The van der Waals surface area contributed by atoms with Crippen molar-refractivity contribution in [3.05, 3.63) is 64.5 Å². The lowest BCUT2D eigenvalue weighted by atomic mass is 9.74. The van der Waals surface area contributed by atoms with Crippen molar-refractivity contribution in [3.8, 4) is 0 Å². The highest BCUT2D eigenvalue weighted by molar-refractivity contribution is 6.30. The van der Waals surface area contributed by atoms with Gasteiger partial charge in [0.15, 0.2) is 5.82 Å². The van der Waals surface area contributed by atoms with Gasteiger partial charge in [0.05, 0.1) is 17.2 Å². The fraction of sp³-hybridized carbons (Fsp3) is 0.368. The quantitative estimate of drug-likeness (QED) is 0.679. The van der Waals surface area contributed by atoms with Gasteiger partial charge in [-0.3, -0.25) is 9.48 Å². The predicted molar refractivity (Wildman–Crippen MR) is 101 cm³/mol. The lowest BCUT2D eigenvalue weighted by molar-refractivity contribution is 0.0523.